The molecule has 0 saturated carbocycles. The first-order chi connectivity index (χ1) is 16.4. The summed E-state index contributed by atoms with van der Waals surface area (Å²) in [6.07, 6.45) is 1.62. The van der Waals surface area contributed by atoms with Crippen LogP contribution in [0.1, 0.15) is 17.4 Å². The Morgan fingerprint density at radius 3 is 2.35 bits per heavy atom. The lowest BCUT2D eigenvalue weighted by Gasteiger charge is -2.39. The summed E-state index contributed by atoms with van der Waals surface area (Å²) < 4.78 is 45.3. The lowest BCUT2D eigenvalue weighted by Crippen LogP contribution is -2.49. The summed E-state index contributed by atoms with van der Waals surface area (Å²) >= 11 is 0. The number of hydrogen-bond donors (Lipinski definition) is 1. The number of methoxy groups -OCH3 is 2. The van der Waals surface area contributed by atoms with Gasteiger partial charge in [-0.05, 0) is 61.0 Å². The van der Waals surface area contributed by atoms with Gasteiger partial charge in [0.2, 0.25) is 10.0 Å². The van der Waals surface area contributed by atoms with Gasteiger partial charge >= 0.3 is 0 Å². The van der Waals surface area contributed by atoms with Gasteiger partial charge in [-0.2, -0.15) is 0 Å². The number of furan rings is 1. The predicted molar refractivity (Wildman–Crippen MR) is 131 cm³/mol. The van der Waals surface area contributed by atoms with Gasteiger partial charge in [-0.25, -0.2) is 13.1 Å². The Balaban J connectivity index is 1.47. The van der Waals surface area contributed by atoms with E-state index in [1.165, 1.54) is 7.11 Å². The fourth-order valence-electron chi connectivity index (χ4n) is 4.24. The monoisotopic (exact) mass is 485 g/mol. The molecule has 4 rings (SSSR count). The maximum absolute atomic E-state index is 13.2. The molecule has 0 bridgehead atoms. The molecule has 182 valence electrons. The molecular weight excluding hydrogens is 454 g/mol. The third-order valence-corrected chi connectivity index (χ3v) is 7.58. The minimum atomic E-state index is -3.78. The minimum absolute atomic E-state index is 0.137. The summed E-state index contributed by atoms with van der Waals surface area (Å²) in [5.74, 6) is 1.88. The van der Waals surface area contributed by atoms with E-state index in [1.807, 2.05) is 37.3 Å². The number of nitrogens with one attached hydrogen (secondary N) is 1. The van der Waals surface area contributed by atoms with E-state index in [9.17, 15) is 8.42 Å². The Morgan fingerprint density at radius 1 is 1.00 bits per heavy atom. The van der Waals surface area contributed by atoms with Gasteiger partial charge in [0, 0.05) is 38.4 Å². The lowest BCUT2D eigenvalue weighted by molar-refractivity contribution is 0.166. The molecule has 1 unspecified atom stereocenters. The van der Waals surface area contributed by atoms with Crippen molar-refractivity contribution in [3.8, 4) is 11.5 Å². The van der Waals surface area contributed by atoms with Crippen molar-refractivity contribution in [3.63, 3.8) is 0 Å². The number of aryl methyl sites for hydroxylation is 1. The minimum Gasteiger partial charge on any atom is -0.497 e. The SMILES string of the molecule is COc1ccc(N2CCN(C(CNS(=O)(=O)c3cc(C)ccc3OC)c3ccco3)CC2)cc1. The number of benzene rings is 2. The zero-order valence-corrected chi connectivity index (χ0v) is 20.5. The second kappa shape index (κ2) is 10.5. The quantitative estimate of drug-likeness (QED) is 0.497. The molecule has 0 aliphatic carbocycles. The first-order valence-electron chi connectivity index (χ1n) is 11.2. The van der Waals surface area contributed by atoms with Crippen LogP contribution < -0.4 is 19.1 Å². The van der Waals surface area contributed by atoms with Gasteiger partial charge in [-0.15, -0.1) is 0 Å². The number of hydrogen-bond acceptors (Lipinski definition) is 7. The van der Waals surface area contributed by atoms with Crippen LogP contribution >= 0.6 is 0 Å². The molecule has 0 amide bonds. The van der Waals surface area contributed by atoms with Crippen molar-refractivity contribution in [2.75, 3.05) is 51.8 Å². The summed E-state index contributed by atoms with van der Waals surface area (Å²) in [5, 5.41) is 0. The number of ether oxygens (including phenoxy) is 2. The Bertz CT molecular complexity index is 1170. The van der Waals surface area contributed by atoms with E-state index >= 15 is 0 Å². The summed E-state index contributed by atoms with van der Waals surface area (Å²) in [5.41, 5.74) is 1.99. The molecule has 8 nitrogen and oxygen atoms in total. The fraction of sp³-hybridized carbons (Fsp3) is 0.360. The van der Waals surface area contributed by atoms with Crippen molar-refractivity contribution in [2.45, 2.75) is 17.9 Å². The van der Waals surface area contributed by atoms with E-state index in [2.05, 4.69) is 26.7 Å². The van der Waals surface area contributed by atoms with E-state index in [-0.39, 0.29) is 17.5 Å². The third kappa shape index (κ3) is 5.38. The molecule has 3 aromatic rings. The van der Waals surface area contributed by atoms with Crippen LogP contribution in [0.15, 0.2) is 70.2 Å². The summed E-state index contributed by atoms with van der Waals surface area (Å²) in [6.45, 7) is 5.23. The van der Waals surface area contributed by atoms with Gasteiger partial charge in [0.25, 0.3) is 0 Å². The van der Waals surface area contributed by atoms with Crippen molar-refractivity contribution in [3.05, 3.63) is 72.2 Å². The number of nitrogens with zero attached hydrogens (tertiary/aromatic N) is 2. The van der Waals surface area contributed by atoms with E-state index in [0.717, 1.165) is 48.9 Å². The van der Waals surface area contributed by atoms with E-state index < -0.39 is 10.0 Å². The first kappa shape index (κ1) is 24.1. The maximum Gasteiger partial charge on any atom is 0.244 e. The highest BCUT2D eigenvalue weighted by Gasteiger charge is 2.29. The van der Waals surface area contributed by atoms with Gasteiger partial charge < -0.3 is 18.8 Å². The third-order valence-electron chi connectivity index (χ3n) is 6.14. The largest absolute Gasteiger partial charge is 0.497 e. The summed E-state index contributed by atoms with van der Waals surface area (Å²) in [4.78, 5) is 4.71. The van der Waals surface area contributed by atoms with Gasteiger partial charge in [-0.3, -0.25) is 4.90 Å². The lowest BCUT2D eigenvalue weighted by atomic mass is 10.1. The van der Waals surface area contributed by atoms with Crippen LogP contribution in [0.4, 0.5) is 5.69 Å². The standard InChI is InChI=1S/C25H31N3O5S/c1-19-6-11-24(32-3)25(17-19)34(29,30)26-18-22(23-5-4-16-33-23)28-14-12-27(13-15-28)20-7-9-21(31-2)10-8-20/h4-11,16-17,22,26H,12-15,18H2,1-3H3. The maximum atomic E-state index is 13.2. The molecule has 2 heterocycles. The zero-order chi connectivity index (χ0) is 24.1. The van der Waals surface area contributed by atoms with Crippen LogP contribution in [0, 0.1) is 6.92 Å². The van der Waals surface area contributed by atoms with Gasteiger partial charge in [-0.1, -0.05) is 6.07 Å². The molecule has 1 aliphatic rings. The number of piperazine rings is 1. The van der Waals surface area contributed by atoms with Crippen molar-refractivity contribution in [1.82, 2.24) is 9.62 Å². The van der Waals surface area contributed by atoms with Gasteiger partial charge in [0.15, 0.2) is 0 Å². The fourth-order valence-corrected chi connectivity index (χ4v) is 5.53. The Hall–Kier alpha value is -3.01. The Morgan fingerprint density at radius 2 is 1.74 bits per heavy atom. The van der Waals surface area contributed by atoms with Crippen molar-refractivity contribution >= 4 is 15.7 Å². The second-order valence-electron chi connectivity index (χ2n) is 8.26. The molecule has 0 spiro atoms. The van der Waals surface area contributed by atoms with E-state index in [4.69, 9.17) is 13.9 Å². The van der Waals surface area contributed by atoms with Crippen LogP contribution in [0.5, 0.6) is 11.5 Å². The van der Waals surface area contributed by atoms with Crippen LogP contribution in [0.3, 0.4) is 0 Å². The van der Waals surface area contributed by atoms with E-state index in [0.29, 0.717) is 5.75 Å². The van der Waals surface area contributed by atoms with Crippen LogP contribution in [-0.4, -0.2) is 60.3 Å². The highest BCUT2D eigenvalue weighted by molar-refractivity contribution is 7.89. The smallest absolute Gasteiger partial charge is 0.244 e. The molecule has 2 aromatic carbocycles. The van der Waals surface area contributed by atoms with Gasteiger partial charge in [0.05, 0.1) is 26.5 Å². The average molecular weight is 486 g/mol. The number of anilines is 1. The molecule has 1 atom stereocenters. The van der Waals surface area contributed by atoms with Crippen molar-refractivity contribution < 1.29 is 22.3 Å². The molecule has 1 N–H and O–H groups in total. The predicted octanol–water partition coefficient (Wildman–Crippen LogP) is 3.45. The van der Waals surface area contributed by atoms with Crippen molar-refractivity contribution in [2.24, 2.45) is 0 Å². The van der Waals surface area contributed by atoms with Gasteiger partial charge in [0.1, 0.15) is 22.2 Å². The molecule has 1 saturated heterocycles. The number of rotatable bonds is 9. The van der Waals surface area contributed by atoms with Crippen LogP contribution in [-0.2, 0) is 10.0 Å². The normalized spacial score (nSPS) is 15.8. The Kier molecular flexibility index (Phi) is 7.45. The molecule has 1 fully saturated rings. The van der Waals surface area contributed by atoms with Crippen LogP contribution in [0.25, 0.3) is 0 Å². The second-order valence-corrected chi connectivity index (χ2v) is 9.99. The highest BCUT2D eigenvalue weighted by atomic mass is 32.2. The molecule has 1 aliphatic heterocycles. The van der Waals surface area contributed by atoms with Crippen LogP contribution in [0.2, 0.25) is 0 Å². The highest BCUT2D eigenvalue weighted by Crippen LogP contribution is 2.28. The number of sulfonamides is 1. The topological polar surface area (TPSA) is 84.2 Å². The molecule has 0 radical (unpaired) electrons. The average Bonchev–Trinajstić information content (AvgIpc) is 3.39. The van der Waals surface area contributed by atoms with Crippen molar-refractivity contribution in [1.29, 1.82) is 0 Å². The summed E-state index contributed by atoms with van der Waals surface area (Å²) in [7, 11) is -0.648. The Labute approximate surface area is 201 Å². The summed E-state index contributed by atoms with van der Waals surface area (Å²) in [6, 6.07) is 16.6. The van der Waals surface area contributed by atoms with E-state index in [1.54, 1.807) is 25.5 Å². The molecule has 1 aromatic heterocycles. The first-order valence-corrected chi connectivity index (χ1v) is 12.7. The molecule has 34 heavy (non-hydrogen) atoms. The molecule has 9 heteroatoms. The zero-order valence-electron chi connectivity index (χ0n) is 19.7. The molecular formula is C25H31N3O5S.